The van der Waals surface area contributed by atoms with Crippen LogP contribution in [0.5, 0.6) is 0 Å². The van der Waals surface area contributed by atoms with Gasteiger partial charge in [-0.05, 0) is 57.5 Å². The fourth-order valence-corrected chi connectivity index (χ4v) is 4.39. The summed E-state index contributed by atoms with van der Waals surface area (Å²) in [5, 5.41) is 4.84. The van der Waals surface area contributed by atoms with Gasteiger partial charge in [0.15, 0.2) is 0 Å². The molecule has 3 heterocycles. The number of hydrogen-bond acceptors (Lipinski definition) is 3. The minimum Gasteiger partial charge on any atom is -0.341 e. The van der Waals surface area contributed by atoms with E-state index in [2.05, 4.69) is 18.7 Å². The number of halogens is 1. The molecule has 1 amide bonds. The van der Waals surface area contributed by atoms with Crippen molar-refractivity contribution in [2.24, 2.45) is 0 Å². The largest absolute Gasteiger partial charge is 0.341 e. The number of hydrogen-bond donors (Lipinski definition) is 0. The number of benzene rings is 1. The van der Waals surface area contributed by atoms with Crippen LogP contribution in [-0.4, -0.2) is 52.2 Å². The number of nitrogens with zero attached hydrogens (tertiary/aromatic N) is 4. The van der Waals surface area contributed by atoms with Crippen LogP contribution in [0.2, 0.25) is 0 Å². The van der Waals surface area contributed by atoms with Gasteiger partial charge in [0.25, 0.3) is 5.91 Å². The SMILES string of the molecule is CC(C)n1cc2c(n1)C1(CCN(Cc3ccc(F)cc3)CC1)CN(C)C2=O. The van der Waals surface area contributed by atoms with Crippen LogP contribution in [-0.2, 0) is 12.0 Å². The third-order valence-corrected chi connectivity index (χ3v) is 6.01. The molecule has 0 saturated carbocycles. The van der Waals surface area contributed by atoms with E-state index in [-0.39, 0.29) is 23.2 Å². The van der Waals surface area contributed by atoms with Crippen LogP contribution in [0.1, 0.15) is 54.3 Å². The lowest BCUT2D eigenvalue weighted by molar-refractivity contribution is 0.0628. The molecular weight excluding hydrogens is 343 g/mol. The molecule has 1 aromatic carbocycles. The lowest BCUT2D eigenvalue weighted by Crippen LogP contribution is -2.53. The molecule has 0 unspecified atom stereocenters. The predicted molar refractivity (Wildman–Crippen MR) is 102 cm³/mol. The third-order valence-electron chi connectivity index (χ3n) is 6.01. The molecular formula is C21H27FN4O. The Morgan fingerprint density at radius 2 is 1.85 bits per heavy atom. The lowest BCUT2D eigenvalue weighted by atomic mass is 9.72. The lowest BCUT2D eigenvalue weighted by Gasteiger charge is -2.45. The zero-order chi connectivity index (χ0) is 19.2. The van der Waals surface area contributed by atoms with Gasteiger partial charge < -0.3 is 4.90 Å². The second-order valence-corrected chi connectivity index (χ2v) is 8.31. The zero-order valence-corrected chi connectivity index (χ0v) is 16.3. The maximum Gasteiger partial charge on any atom is 0.257 e. The molecule has 0 aliphatic carbocycles. The Bertz CT molecular complexity index is 834. The number of aromatic nitrogens is 2. The number of rotatable bonds is 3. The van der Waals surface area contributed by atoms with Crippen LogP contribution in [0.3, 0.4) is 0 Å². The first-order valence-corrected chi connectivity index (χ1v) is 9.70. The average Bonchev–Trinajstić information content (AvgIpc) is 3.11. The minimum absolute atomic E-state index is 0.0581. The molecule has 4 rings (SSSR count). The highest BCUT2D eigenvalue weighted by molar-refractivity contribution is 5.96. The highest BCUT2D eigenvalue weighted by Crippen LogP contribution is 2.41. The third kappa shape index (κ3) is 3.27. The summed E-state index contributed by atoms with van der Waals surface area (Å²) >= 11 is 0. The van der Waals surface area contributed by atoms with Crippen molar-refractivity contribution in [3.8, 4) is 0 Å². The van der Waals surface area contributed by atoms with Crippen molar-refractivity contribution in [3.63, 3.8) is 0 Å². The Hall–Kier alpha value is -2.21. The number of amides is 1. The quantitative estimate of drug-likeness (QED) is 0.833. The second kappa shape index (κ2) is 6.75. The summed E-state index contributed by atoms with van der Waals surface area (Å²) in [5.74, 6) is -0.115. The fourth-order valence-electron chi connectivity index (χ4n) is 4.39. The van der Waals surface area contributed by atoms with Crippen molar-refractivity contribution in [1.29, 1.82) is 0 Å². The number of likely N-dealkylation sites (N-methyl/N-ethyl adjacent to an activating group) is 1. The van der Waals surface area contributed by atoms with Gasteiger partial charge in [-0.25, -0.2) is 4.39 Å². The molecule has 5 nitrogen and oxygen atoms in total. The first-order valence-electron chi connectivity index (χ1n) is 9.70. The van der Waals surface area contributed by atoms with Gasteiger partial charge in [0, 0.05) is 37.8 Å². The standard InChI is InChI=1S/C21H27FN4O/c1-15(2)26-13-18-19(23-26)21(14-24(3)20(18)27)8-10-25(11-9-21)12-16-4-6-17(22)7-5-16/h4-7,13,15H,8-12,14H2,1-3H3. The van der Waals surface area contributed by atoms with Gasteiger partial charge in [0.1, 0.15) is 5.82 Å². The van der Waals surface area contributed by atoms with E-state index in [4.69, 9.17) is 5.10 Å². The van der Waals surface area contributed by atoms with Gasteiger partial charge >= 0.3 is 0 Å². The molecule has 0 bridgehead atoms. The molecule has 1 aromatic heterocycles. The molecule has 27 heavy (non-hydrogen) atoms. The molecule has 1 fully saturated rings. The summed E-state index contributed by atoms with van der Waals surface area (Å²) in [6.45, 7) is 7.65. The molecule has 1 saturated heterocycles. The highest BCUT2D eigenvalue weighted by Gasteiger charge is 2.46. The Morgan fingerprint density at radius 3 is 2.48 bits per heavy atom. The summed E-state index contributed by atoms with van der Waals surface area (Å²) in [4.78, 5) is 16.9. The summed E-state index contributed by atoms with van der Waals surface area (Å²) in [6, 6.07) is 7.00. The van der Waals surface area contributed by atoms with Gasteiger partial charge in [-0.2, -0.15) is 5.10 Å². The smallest absolute Gasteiger partial charge is 0.257 e. The van der Waals surface area contributed by atoms with E-state index in [0.717, 1.165) is 55.8 Å². The topological polar surface area (TPSA) is 41.4 Å². The van der Waals surface area contributed by atoms with E-state index in [1.807, 2.05) is 35.0 Å². The van der Waals surface area contributed by atoms with E-state index < -0.39 is 0 Å². The number of carbonyl (C=O) groups excluding carboxylic acids is 1. The Morgan fingerprint density at radius 1 is 1.19 bits per heavy atom. The van der Waals surface area contributed by atoms with Crippen LogP contribution in [0.15, 0.2) is 30.5 Å². The molecule has 1 spiro atoms. The monoisotopic (exact) mass is 370 g/mol. The number of carbonyl (C=O) groups is 1. The van der Waals surface area contributed by atoms with Gasteiger partial charge in [-0.15, -0.1) is 0 Å². The van der Waals surface area contributed by atoms with E-state index >= 15 is 0 Å². The highest BCUT2D eigenvalue weighted by atomic mass is 19.1. The molecule has 0 atom stereocenters. The van der Waals surface area contributed by atoms with Crippen molar-refractivity contribution in [2.75, 3.05) is 26.7 Å². The van der Waals surface area contributed by atoms with Crippen molar-refractivity contribution in [1.82, 2.24) is 19.6 Å². The first-order chi connectivity index (χ1) is 12.9. The van der Waals surface area contributed by atoms with E-state index in [0.29, 0.717) is 0 Å². The van der Waals surface area contributed by atoms with Crippen molar-refractivity contribution < 1.29 is 9.18 Å². The molecule has 2 aliphatic rings. The molecule has 0 N–H and O–H groups in total. The molecule has 2 aromatic rings. The number of piperidine rings is 1. The van der Waals surface area contributed by atoms with Crippen molar-refractivity contribution in [3.05, 3.63) is 53.1 Å². The van der Waals surface area contributed by atoms with Gasteiger partial charge in [-0.1, -0.05) is 12.1 Å². The van der Waals surface area contributed by atoms with Crippen LogP contribution in [0, 0.1) is 5.82 Å². The molecule has 2 aliphatic heterocycles. The maximum absolute atomic E-state index is 13.1. The van der Waals surface area contributed by atoms with Crippen LogP contribution >= 0.6 is 0 Å². The Balaban J connectivity index is 1.54. The van der Waals surface area contributed by atoms with Crippen LogP contribution in [0.25, 0.3) is 0 Å². The molecule has 0 radical (unpaired) electrons. The molecule has 144 valence electrons. The second-order valence-electron chi connectivity index (χ2n) is 8.31. The predicted octanol–water partition coefficient (Wildman–Crippen LogP) is 3.22. The van der Waals surface area contributed by atoms with Gasteiger partial charge in [0.2, 0.25) is 0 Å². The number of likely N-dealkylation sites (tertiary alicyclic amines) is 1. The average molecular weight is 370 g/mol. The Kier molecular flexibility index (Phi) is 4.54. The van der Waals surface area contributed by atoms with E-state index in [9.17, 15) is 9.18 Å². The Labute approximate surface area is 159 Å². The normalized spacial score (nSPS) is 19.7. The van der Waals surface area contributed by atoms with E-state index in [1.165, 1.54) is 12.1 Å². The van der Waals surface area contributed by atoms with Crippen LogP contribution < -0.4 is 0 Å². The van der Waals surface area contributed by atoms with Crippen LogP contribution in [0.4, 0.5) is 4.39 Å². The minimum atomic E-state index is -0.195. The fraction of sp³-hybridized carbons (Fsp3) is 0.524. The first kappa shape index (κ1) is 18.2. The van der Waals surface area contributed by atoms with Crippen molar-refractivity contribution >= 4 is 5.91 Å². The van der Waals surface area contributed by atoms with Gasteiger partial charge in [-0.3, -0.25) is 14.4 Å². The zero-order valence-electron chi connectivity index (χ0n) is 16.3. The molecule has 6 heteroatoms. The number of fused-ring (bicyclic) bond motifs is 2. The summed E-state index contributed by atoms with van der Waals surface area (Å²) in [6.07, 6.45) is 3.88. The summed E-state index contributed by atoms with van der Waals surface area (Å²) < 4.78 is 15.0. The summed E-state index contributed by atoms with van der Waals surface area (Å²) in [7, 11) is 1.89. The summed E-state index contributed by atoms with van der Waals surface area (Å²) in [5.41, 5.74) is 2.83. The maximum atomic E-state index is 13.1. The van der Waals surface area contributed by atoms with E-state index in [1.54, 1.807) is 0 Å². The van der Waals surface area contributed by atoms with Crippen molar-refractivity contribution in [2.45, 2.75) is 44.7 Å². The van der Waals surface area contributed by atoms with Gasteiger partial charge in [0.05, 0.1) is 11.3 Å².